The zero-order valence-corrected chi connectivity index (χ0v) is 11.0. The molecule has 4 saturated carbocycles. The van der Waals surface area contributed by atoms with Crippen molar-refractivity contribution >= 4 is 5.97 Å². The number of hydrogen-bond acceptors (Lipinski definition) is 2. The quantitative estimate of drug-likeness (QED) is 0.903. The molecule has 5 rings (SSSR count). The number of rotatable bonds is 3. The monoisotopic (exact) mass is 260 g/mol. The number of carboxylic acids is 1. The van der Waals surface area contributed by atoms with E-state index in [2.05, 4.69) is 0 Å². The van der Waals surface area contributed by atoms with Crippen molar-refractivity contribution in [3.8, 4) is 0 Å². The van der Waals surface area contributed by atoms with Crippen LogP contribution in [0.4, 0.5) is 0 Å². The molecule has 19 heavy (non-hydrogen) atoms. The van der Waals surface area contributed by atoms with E-state index in [0.717, 1.165) is 41.8 Å². The third kappa shape index (κ3) is 1.90. The van der Waals surface area contributed by atoms with Gasteiger partial charge in [0, 0.05) is 6.42 Å². The van der Waals surface area contributed by atoms with Gasteiger partial charge in [-0.05, 0) is 73.8 Å². The Hall–Kier alpha value is -1.25. The Labute approximate surface area is 113 Å². The molecule has 4 bridgehead atoms. The topological polar surface area (TPSA) is 50.4 Å². The molecule has 1 N–H and O–H groups in total. The highest BCUT2D eigenvalue weighted by atomic mass is 16.4. The zero-order chi connectivity index (χ0) is 13.0. The van der Waals surface area contributed by atoms with E-state index in [1.54, 1.807) is 6.07 Å². The number of hydrogen-bond donors (Lipinski definition) is 1. The number of aromatic carboxylic acids is 1. The van der Waals surface area contributed by atoms with Gasteiger partial charge in [0.2, 0.25) is 5.76 Å². The second-order valence-electron chi connectivity index (χ2n) is 6.87. The number of carboxylic acid groups (broad SMARTS) is 1. The van der Waals surface area contributed by atoms with Crippen molar-refractivity contribution in [3.63, 3.8) is 0 Å². The molecule has 0 amide bonds. The highest BCUT2D eigenvalue weighted by Crippen LogP contribution is 2.57. The SMILES string of the molecule is O=C(O)c1ccc(CC2C3CC4CC(C3)CC2C4)o1. The van der Waals surface area contributed by atoms with E-state index in [-0.39, 0.29) is 5.76 Å². The van der Waals surface area contributed by atoms with Gasteiger partial charge in [-0.2, -0.15) is 0 Å². The molecule has 1 aromatic heterocycles. The molecule has 0 radical (unpaired) electrons. The van der Waals surface area contributed by atoms with Crippen LogP contribution in [0.1, 0.15) is 48.4 Å². The summed E-state index contributed by atoms with van der Waals surface area (Å²) in [6.07, 6.45) is 8.05. The molecule has 0 aromatic carbocycles. The smallest absolute Gasteiger partial charge is 0.371 e. The molecular formula is C16H20O3. The first kappa shape index (κ1) is 11.6. The van der Waals surface area contributed by atoms with Crippen LogP contribution in [0.25, 0.3) is 0 Å². The normalized spacial score (nSPS) is 39.7. The van der Waals surface area contributed by atoms with Crippen LogP contribution in [0.2, 0.25) is 0 Å². The molecule has 0 spiro atoms. The number of carbonyl (C=O) groups is 1. The van der Waals surface area contributed by atoms with Crippen LogP contribution >= 0.6 is 0 Å². The summed E-state index contributed by atoms with van der Waals surface area (Å²) >= 11 is 0. The van der Waals surface area contributed by atoms with Crippen LogP contribution in [-0.4, -0.2) is 11.1 Å². The average Bonchev–Trinajstić information content (AvgIpc) is 2.81. The van der Waals surface area contributed by atoms with Crippen LogP contribution in [0.3, 0.4) is 0 Å². The summed E-state index contributed by atoms with van der Waals surface area (Å²) in [5.74, 6) is 4.45. The summed E-state index contributed by atoms with van der Waals surface area (Å²) in [5, 5.41) is 8.91. The summed E-state index contributed by atoms with van der Waals surface area (Å²) in [7, 11) is 0. The summed E-state index contributed by atoms with van der Waals surface area (Å²) in [6, 6.07) is 3.45. The van der Waals surface area contributed by atoms with Gasteiger partial charge in [0.05, 0.1) is 0 Å². The van der Waals surface area contributed by atoms with Gasteiger partial charge in [0.15, 0.2) is 0 Å². The minimum absolute atomic E-state index is 0.0822. The largest absolute Gasteiger partial charge is 0.475 e. The predicted octanol–water partition coefficient (Wildman–Crippen LogP) is 3.59. The second-order valence-corrected chi connectivity index (χ2v) is 6.87. The van der Waals surface area contributed by atoms with Crippen molar-refractivity contribution in [2.24, 2.45) is 29.6 Å². The van der Waals surface area contributed by atoms with Gasteiger partial charge < -0.3 is 9.52 Å². The van der Waals surface area contributed by atoms with E-state index in [4.69, 9.17) is 9.52 Å². The summed E-state index contributed by atoms with van der Waals surface area (Å²) < 4.78 is 5.45. The zero-order valence-electron chi connectivity index (χ0n) is 11.0. The maximum Gasteiger partial charge on any atom is 0.371 e. The fraction of sp³-hybridized carbons (Fsp3) is 0.688. The molecule has 4 aliphatic rings. The molecule has 102 valence electrons. The van der Waals surface area contributed by atoms with Crippen molar-refractivity contribution in [2.45, 2.75) is 38.5 Å². The average molecular weight is 260 g/mol. The van der Waals surface area contributed by atoms with Crippen molar-refractivity contribution in [2.75, 3.05) is 0 Å². The Morgan fingerprint density at radius 1 is 1.11 bits per heavy atom. The first-order valence-corrected chi connectivity index (χ1v) is 7.51. The maximum absolute atomic E-state index is 10.9. The molecule has 0 saturated heterocycles. The van der Waals surface area contributed by atoms with E-state index in [0.29, 0.717) is 0 Å². The van der Waals surface area contributed by atoms with E-state index in [9.17, 15) is 4.79 Å². The lowest BCUT2D eigenvalue weighted by Gasteiger charge is -2.54. The Kier molecular flexibility index (Phi) is 2.51. The Morgan fingerprint density at radius 3 is 2.26 bits per heavy atom. The van der Waals surface area contributed by atoms with Crippen molar-refractivity contribution in [1.82, 2.24) is 0 Å². The van der Waals surface area contributed by atoms with Gasteiger partial charge in [0.1, 0.15) is 5.76 Å². The van der Waals surface area contributed by atoms with Crippen molar-refractivity contribution in [1.29, 1.82) is 0 Å². The van der Waals surface area contributed by atoms with E-state index >= 15 is 0 Å². The molecule has 1 heterocycles. The lowest BCUT2D eigenvalue weighted by atomic mass is 9.51. The Morgan fingerprint density at radius 2 is 1.74 bits per heavy atom. The third-order valence-electron chi connectivity index (χ3n) is 5.73. The molecule has 4 aliphatic carbocycles. The fourth-order valence-electron chi connectivity index (χ4n) is 5.21. The first-order chi connectivity index (χ1) is 9.19. The minimum atomic E-state index is -0.962. The lowest BCUT2D eigenvalue weighted by molar-refractivity contribution is -0.0377. The standard InChI is InChI=1S/C16H20O3/c17-16(18)15-2-1-13(19-15)8-14-11-4-9-3-10(6-11)7-12(14)5-9/h1-2,9-12,14H,3-8H2,(H,17,18). The van der Waals surface area contributed by atoms with Crippen LogP contribution in [0.5, 0.6) is 0 Å². The molecule has 0 unspecified atom stereocenters. The fourth-order valence-corrected chi connectivity index (χ4v) is 5.21. The van der Waals surface area contributed by atoms with E-state index in [1.807, 2.05) is 6.07 Å². The van der Waals surface area contributed by atoms with Crippen molar-refractivity contribution in [3.05, 3.63) is 23.7 Å². The minimum Gasteiger partial charge on any atom is -0.475 e. The lowest BCUT2D eigenvalue weighted by Crippen LogP contribution is -2.45. The Balaban J connectivity index is 1.51. The van der Waals surface area contributed by atoms with Gasteiger partial charge in [-0.1, -0.05) is 0 Å². The van der Waals surface area contributed by atoms with Crippen LogP contribution in [0.15, 0.2) is 16.5 Å². The van der Waals surface area contributed by atoms with Crippen LogP contribution in [0, 0.1) is 29.6 Å². The third-order valence-corrected chi connectivity index (χ3v) is 5.73. The highest BCUT2D eigenvalue weighted by Gasteiger charge is 2.48. The van der Waals surface area contributed by atoms with Gasteiger partial charge in [0.25, 0.3) is 0 Å². The van der Waals surface area contributed by atoms with Crippen LogP contribution in [-0.2, 0) is 6.42 Å². The molecule has 4 fully saturated rings. The number of furan rings is 1. The predicted molar refractivity (Wildman–Crippen MR) is 69.9 cm³/mol. The second kappa shape index (κ2) is 4.12. The highest BCUT2D eigenvalue weighted by molar-refractivity contribution is 5.84. The molecule has 3 heteroatoms. The summed E-state index contributed by atoms with van der Waals surface area (Å²) in [5.41, 5.74) is 0. The molecule has 0 aliphatic heterocycles. The van der Waals surface area contributed by atoms with E-state index < -0.39 is 5.97 Å². The van der Waals surface area contributed by atoms with Crippen LogP contribution < -0.4 is 0 Å². The molecule has 0 atom stereocenters. The Bertz CT molecular complexity index is 474. The van der Waals surface area contributed by atoms with Gasteiger partial charge in [-0.3, -0.25) is 0 Å². The molecule has 3 nitrogen and oxygen atoms in total. The van der Waals surface area contributed by atoms with Crippen molar-refractivity contribution < 1.29 is 14.3 Å². The van der Waals surface area contributed by atoms with E-state index in [1.165, 1.54) is 32.1 Å². The molecular weight excluding hydrogens is 240 g/mol. The summed E-state index contributed by atoms with van der Waals surface area (Å²) in [4.78, 5) is 10.9. The van der Waals surface area contributed by atoms with Gasteiger partial charge >= 0.3 is 5.97 Å². The molecule has 1 aromatic rings. The summed E-state index contributed by atoms with van der Waals surface area (Å²) in [6.45, 7) is 0. The van der Waals surface area contributed by atoms with Gasteiger partial charge in [-0.15, -0.1) is 0 Å². The first-order valence-electron chi connectivity index (χ1n) is 7.51. The maximum atomic E-state index is 10.9. The van der Waals surface area contributed by atoms with Gasteiger partial charge in [-0.25, -0.2) is 4.79 Å².